The second kappa shape index (κ2) is 11.2. The van der Waals surface area contributed by atoms with Gasteiger partial charge in [-0.3, -0.25) is 9.89 Å². The summed E-state index contributed by atoms with van der Waals surface area (Å²) in [6.45, 7) is 12.1. The summed E-state index contributed by atoms with van der Waals surface area (Å²) in [5, 5.41) is 7.28. The fraction of sp³-hybridized carbons (Fsp3) is 0.929. The Morgan fingerprint density at radius 1 is 1.35 bits per heavy atom. The number of aliphatic imine (C=N–C) groups is 1. The third kappa shape index (κ3) is 7.97. The van der Waals surface area contributed by atoms with Crippen LogP contribution in [0.1, 0.15) is 20.3 Å². The zero-order valence-corrected chi connectivity index (χ0v) is 14.0. The summed E-state index contributed by atoms with van der Waals surface area (Å²) < 4.78 is 5.35. The molecule has 1 aliphatic rings. The van der Waals surface area contributed by atoms with Gasteiger partial charge in [-0.1, -0.05) is 6.92 Å². The van der Waals surface area contributed by atoms with Gasteiger partial charge in [-0.15, -0.1) is 0 Å². The molecular weight excluding hydrogens is 272 g/mol. The maximum absolute atomic E-state index is 5.35. The van der Waals surface area contributed by atoms with E-state index in [4.69, 9.17) is 4.74 Å². The van der Waals surface area contributed by atoms with Gasteiger partial charge < -0.3 is 15.4 Å². The molecule has 0 spiro atoms. The van der Waals surface area contributed by atoms with Crippen LogP contribution in [0, 0.1) is 0 Å². The van der Waals surface area contributed by atoms with Gasteiger partial charge in [0, 0.05) is 31.4 Å². The molecule has 0 aromatic carbocycles. The zero-order valence-electron chi connectivity index (χ0n) is 13.2. The summed E-state index contributed by atoms with van der Waals surface area (Å²) in [7, 11) is 0. The normalized spacial score (nSPS) is 18.9. The zero-order chi connectivity index (χ0) is 14.6. The fourth-order valence-electron chi connectivity index (χ4n) is 1.97. The number of ether oxygens (including phenoxy) is 1. The predicted octanol–water partition coefficient (Wildman–Crippen LogP) is 1.02. The molecule has 0 aliphatic carbocycles. The van der Waals surface area contributed by atoms with Gasteiger partial charge in [0.1, 0.15) is 0 Å². The molecule has 1 atom stereocenters. The van der Waals surface area contributed by atoms with Crippen LogP contribution in [0.2, 0.25) is 0 Å². The Hall–Kier alpha value is -0.460. The van der Waals surface area contributed by atoms with Crippen LogP contribution >= 0.6 is 11.8 Å². The number of thioether (sulfide) groups is 1. The van der Waals surface area contributed by atoms with Crippen molar-refractivity contribution in [2.45, 2.75) is 25.5 Å². The SMILES string of the molecule is CCNC(=NCC(C)SC)NCCCN1CCOCC1. The Labute approximate surface area is 127 Å². The van der Waals surface area contributed by atoms with Gasteiger partial charge in [-0.2, -0.15) is 11.8 Å². The van der Waals surface area contributed by atoms with Crippen LogP contribution in [0.3, 0.4) is 0 Å². The van der Waals surface area contributed by atoms with Gasteiger partial charge in [0.15, 0.2) is 5.96 Å². The number of nitrogens with zero attached hydrogens (tertiary/aromatic N) is 2. The number of nitrogens with one attached hydrogen (secondary N) is 2. The van der Waals surface area contributed by atoms with Crippen molar-refractivity contribution in [1.82, 2.24) is 15.5 Å². The molecule has 118 valence electrons. The maximum Gasteiger partial charge on any atom is 0.191 e. The van der Waals surface area contributed by atoms with Crippen LogP contribution in [0.4, 0.5) is 0 Å². The minimum Gasteiger partial charge on any atom is -0.379 e. The first kappa shape index (κ1) is 17.6. The molecule has 0 aromatic heterocycles. The molecule has 1 aliphatic heterocycles. The molecule has 0 bridgehead atoms. The monoisotopic (exact) mass is 302 g/mol. The largest absolute Gasteiger partial charge is 0.379 e. The lowest BCUT2D eigenvalue weighted by Gasteiger charge is -2.26. The van der Waals surface area contributed by atoms with E-state index in [0.717, 1.165) is 64.9 Å². The quantitative estimate of drug-likeness (QED) is 0.398. The maximum atomic E-state index is 5.35. The lowest BCUT2D eigenvalue weighted by Crippen LogP contribution is -2.41. The van der Waals surface area contributed by atoms with E-state index < -0.39 is 0 Å². The van der Waals surface area contributed by atoms with E-state index in [0.29, 0.717) is 5.25 Å². The van der Waals surface area contributed by atoms with Crippen molar-refractivity contribution in [3.8, 4) is 0 Å². The summed E-state index contributed by atoms with van der Waals surface area (Å²) in [5.41, 5.74) is 0. The molecule has 1 rings (SSSR count). The van der Waals surface area contributed by atoms with Crippen LogP contribution in [0.25, 0.3) is 0 Å². The Morgan fingerprint density at radius 3 is 2.75 bits per heavy atom. The van der Waals surface area contributed by atoms with Gasteiger partial charge in [0.05, 0.1) is 19.8 Å². The highest BCUT2D eigenvalue weighted by molar-refractivity contribution is 7.99. The van der Waals surface area contributed by atoms with Crippen molar-refractivity contribution in [1.29, 1.82) is 0 Å². The average Bonchev–Trinajstić information content (AvgIpc) is 2.49. The molecule has 0 amide bonds. The van der Waals surface area contributed by atoms with Gasteiger partial charge >= 0.3 is 0 Å². The highest BCUT2D eigenvalue weighted by Crippen LogP contribution is 2.04. The second-order valence-corrected chi connectivity index (χ2v) is 6.28. The number of hydrogen-bond donors (Lipinski definition) is 2. The van der Waals surface area contributed by atoms with Crippen LogP contribution in [0.5, 0.6) is 0 Å². The number of rotatable bonds is 8. The molecular formula is C14H30N4OS. The first-order valence-corrected chi connectivity index (χ1v) is 8.90. The van der Waals surface area contributed by atoms with E-state index in [9.17, 15) is 0 Å². The van der Waals surface area contributed by atoms with Crippen molar-refractivity contribution in [2.75, 3.05) is 58.7 Å². The van der Waals surface area contributed by atoms with Crippen molar-refractivity contribution in [3.05, 3.63) is 0 Å². The first-order chi connectivity index (χ1) is 9.76. The average molecular weight is 302 g/mol. The lowest BCUT2D eigenvalue weighted by molar-refractivity contribution is 0.0376. The van der Waals surface area contributed by atoms with E-state index in [-0.39, 0.29) is 0 Å². The van der Waals surface area contributed by atoms with Crippen molar-refractivity contribution >= 4 is 17.7 Å². The molecule has 6 heteroatoms. The van der Waals surface area contributed by atoms with Crippen molar-refractivity contribution < 1.29 is 4.74 Å². The minimum absolute atomic E-state index is 0.568. The Morgan fingerprint density at radius 2 is 2.10 bits per heavy atom. The molecule has 1 unspecified atom stereocenters. The standard InChI is InChI=1S/C14H30N4OS/c1-4-15-14(17-12-13(2)20-3)16-6-5-7-18-8-10-19-11-9-18/h13H,4-12H2,1-3H3,(H2,15,16,17). The molecule has 1 fully saturated rings. The van der Waals surface area contributed by atoms with Crippen LogP contribution in [-0.2, 0) is 4.74 Å². The number of guanidine groups is 1. The third-order valence-electron chi connectivity index (χ3n) is 3.30. The Bertz CT molecular complexity index is 270. The molecule has 0 saturated carbocycles. The van der Waals surface area contributed by atoms with Crippen LogP contribution in [-0.4, -0.2) is 74.8 Å². The molecule has 20 heavy (non-hydrogen) atoms. The minimum atomic E-state index is 0.568. The summed E-state index contributed by atoms with van der Waals surface area (Å²) >= 11 is 1.85. The van der Waals surface area contributed by atoms with Gasteiger partial charge in [0.2, 0.25) is 0 Å². The second-order valence-electron chi connectivity index (χ2n) is 5.00. The summed E-state index contributed by atoms with van der Waals surface area (Å²) in [6, 6.07) is 0. The fourth-order valence-corrected chi connectivity index (χ4v) is 2.19. The first-order valence-electron chi connectivity index (χ1n) is 7.61. The smallest absolute Gasteiger partial charge is 0.191 e. The van der Waals surface area contributed by atoms with Gasteiger partial charge in [0.25, 0.3) is 0 Å². The van der Waals surface area contributed by atoms with E-state index >= 15 is 0 Å². The molecule has 2 N–H and O–H groups in total. The molecule has 1 saturated heterocycles. The Kier molecular flexibility index (Phi) is 9.87. The summed E-state index contributed by atoms with van der Waals surface area (Å²) in [4.78, 5) is 7.07. The molecule has 0 aromatic rings. The van der Waals surface area contributed by atoms with Crippen molar-refractivity contribution in [2.24, 2.45) is 4.99 Å². The summed E-state index contributed by atoms with van der Waals surface area (Å²) in [5.74, 6) is 0.940. The summed E-state index contributed by atoms with van der Waals surface area (Å²) in [6.07, 6.45) is 3.27. The highest BCUT2D eigenvalue weighted by Gasteiger charge is 2.09. The lowest BCUT2D eigenvalue weighted by atomic mass is 10.3. The predicted molar refractivity (Wildman–Crippen MR) is 88.8 cm³/mol. The van der Waals surface area contributed by atoms with Crippen LogP contribution < -0.4 is 10.6 Å². The van der Waals surface area contributed by atoms with E-state index in [1.807, 2.05) is 11.8 Å². The Balaban J connectivity index is 2.17. The number of morpholine rings is 1. The third-order valence-corrected chi connectivity index (χ3v) is 4.25. The van der Waals surface area contributed by atoms with Crippen molar-refractivity contribution in [3.63, 3.8) is 0 Å². The van der Waals surface area contributed by atoms with E-state index in [2.05, 4.69) is 40.6 Å². The van der Waals surface area contributed by atoms with Crippen LogP contribution in [0.15, 0.2) is 4.99 Å². The molecule has 1 heterocycles. The molecule has 5 nitrogen and oxygen atoms in total. The molecule has 0 radical (unpaired) electrons. The topological polar surface area (TPSA) is 48.9 Å². The van der Waals surface area contributed by atoms with E-state index in [1.165, 1.54) is 0 Å². The number of hydrogen-bond acceptors (Lipinski definition) is 4. The van der Waals surface area contributed by atoms with Gasteiger partial charge in [-0.05, 0) is 26.1 Å². The highest BCUT2D eigenvalue weighted by atomic mass is 32.2. The van der Waals surface area contributed by atoms with Gasteiger partial charge in [-0.25, -0.2) is 0 Å². The van der Waals surface area contributed by atoms with E-state index in [1.54, 1.807) is 0 Å².